The summed E-state index contributed by atoms with van der Waals surface area (Å²) in [5.41, 5.74) is 6.30. The number of nitrogens with zero attached hydrogens (tertiary/aromatic N) is 2. The summed E-state index contributed by atoms with van der Waals surface area (Å²) in [5.74, 6) is 0.262. The van der Waals surface area contributed by atoms with Gasteiger partial charge in [0.25, 0.3) is 0 Å². The highest BCUT2D eigenvalue weighted by molar-refractivity contribution is 5.80. The number of unbranched alkanes of at least 4 members (excludes halogenated alkanes) is 1. The predicted octanol–water partition coefficient (Wildman–Crippen LogP) is 2.48. The fraction of sp³-hybridized carbons (Fsp3) is 0.714. The van der Waals surface area contributed by atoms with E-state index in [0.717, 1.165) is 31.4 Å². The first-order chi connectivity index (χ1) is 8.71. The minimum absolute atomic E-state index is 0.262. The highest BCUT2D eigenvalue weighted by Crippen LogP contribution is 2.14. The maximum absolute atomic E-state index is 11.7. The van der Waals surface area contributed by atoms with Crippen LogP contribution in [0.2, 0.25) is 0 Å². The van der Waals surface area contributed by atoms with E-state index < -0.39 is 0 Å². The first-order valence-electron chi connectivity index (χ1n) is 6.97. The van der Waals surface area contributed by atoms with Gasteiger partial charge in [0.05, 0.1) is 18.2 Å². The summed E-state index contributed by atoms with van der Waals surface area (Å²) in [6.45, 7) is 4.98. The average molecular weight is 251 g/mol. The number of nitrogens with two attached hydrogens (primary N) is 1. The molecule has 102 valence electrons. The van der Waals surface area contributed by atoms with Crippen molar-refractivity contribution in [3.63, 3.8) is 0 Å². The first kappa shape index (κ1) is 14.9. The monoisotopic (exact) mass is 251 g/mol. The van der Waals surface area contributed by atoms with E-state index in [9.17, 15) is 4.79 Å². The molecular weight excluding hydrogens is 226 g/mol. The van der Waals surface area contributed by atoms with Gasteiger partial charge in [-0.15, -0.1) is 0 Å². The maximum atomic E-state index is 11.7. The quantitative estimate of drug-likeness (QED) is 0.686. The Bertz CT molecular complexity index is 356. The van der Waals surface area contributed by atoms with E-state index in [-0.39, 0.29) is 5.78 Å². The molecule has 0 aliphatic rings. The van der Waals surface area contributed by atoms with Gasteiger partial charge in [-0.1, -0.05) is 13.8 Å². The van der Waals surface area contributed by atoms with Gasteiger partial charge in [-0.05, 0) is 38.3 Å². The van der Waals surface area contributed by atoms with E-state index in [4.69, 9.17) is 5.73 Å². The molecule has 2 N–H and O–H groups in total. The van der Waals surface area contributed by atoms with E-state index in [1.807, 2.05) is 16.9 Å². The smallest absolute Gasteiger partial charge is 0.138 e. The Morgan fingerprint density at radius 2 is 2.11 bits per heavy atom. The van der Waals surface area contributed by atoms with Crippen LogP contribution in [0.1, 0.15) is 57.7 Å². The van der Waals surface area contributed by atoms with E-state index in [1.165, 1.54) is 0 Å². The second kappa shape index (κ2) is 8.03. The Hall–Kier alpha value is -1.16. The van der Waals surface area contributed by atoms with Gasteiger partial charge in [-0.3, -0.25) is 9.48 Å². The average Bonchev–Trinajstić information content (AvgIpc) is 2.79. The summed E-state index contributed by atoms with van der Waals surface area (Å²) >= 11 is 0. The molecule has 0 spiro atoms. The van der Waals surface area contributed by atoms with Crippen molar-refractivity contribution in [3.05, 3.63) is 18.0 Å². The highest BCUT2D eigenvalue weighted by Gasteiger charge is 2.10. The normalized spacial score (nSPS) is 11.1. The number of carbonyl (C=O) groups is 1. The molecule has 0 saturated carbocycles. The number of aromatic nitrogens is 2. The second-order valence-corrected chi connectivity index (χ2v) is 4.72. The minimum atomic E-state index is 0.262. The van der Waals surface area contributed by atoms with Crippen LogP contribution in [0.5, 0.6) is 0 Å². The fourth-order valence-corrected chi connectivity index (χ4v) is 2.09. The molecule has 1 rings (SSSR count). The topological polar surface area (TPSA) is 60.9 Å². The molecule has 4 nitrogen and oxygen atoms in total. The Morgan fingerprint density at radius 1 is 1.39 bits per heavy atom. The maximum Gasteiger partial charge on any atom is 0.138 e. The zero-order valence-electron chi connectivity index (χ0n) is 11.6. The Balaban J connectivity index is 2.45. The molecule has 0 aliphatic carbocycles. The van der Waals surface area contributed by atoms with Gasteiger partial charge in [0.15, 0.2) is 0 Å². The molecular formula is C14H25N3O. The van der Waals surface area contributed by atoms with Crippen LogP contribution in [-0.4, -0.2) is 22.1 Å². The molecule has 4 heteroatoms. The number of ketones is 1. The van der Waals surface area contributed by atoms with Crippen LogP contribution < -0.4 is 5.73 Å². The van der Waals surface area contributed by atoms with Crippen LogP contribution in [0.25, 0.3) is 0 Å². The zero-order valence-corrected chi connectivity index (χ0v) is 11.6. The first-order valence-corrected chi connectivity index (χ1v) is 6.97. The van der Waals surface area contributed by atoms with Crippen LogP contribution >= 0.6 is 0 Å². The lowest BCUT2D eigenvalue weighted by atomic mass is 10.1. The molecule has 0 bridgehead atoms. The largest absolute Gasteiger partial charge is 0.330 e. The number of carbonyl (C=O) groups excluding carboxylic acids is 1. The summed E-state index contributed by atoms with van der Waals surface area (Å²) in [4.78, 5) is 11.7. The SMILES string of the molecule is CCC(CC)n1ccc(CC(=O)CCCCN)n1. The lowest BCUT2D eigenvalue weighted by Crippen LogP contribution is -2.09. The number of hydrogen-bond acceptors (Lipinski definition) is 3. The molecule has 1 heterocycles. The van der Waals surface area contributed by atoms with E-state index >= 15 is 0 Å². The standard InChI is InChI=1S/C14H25N3O/c1-3-13(4-2)17-10-8-12(16-17)11-14(18)7-5-6-9-15/h8,10,13H,3-7,9,11,15H2,1-2H3. The van der Waals surface area contributed by atoms with Crippen LogP contribution in [0.3, 0.4) is 0 Å². The second-order valence-electron chi connectivity index (χ2n) is 4.72. The molecule has 0 amide bonds. The van der Waals surface area contributed by atoms with Crippen molar-refractivity contribution in [1.29, 1.82) is 0 Å². The van der Waals surface area contributed by atoms with Crippen LogP contribution in [0, 0.1) is 0 Å². The summed E-state index contributed by atoms with van der Waals surface area (Å²) in [6.07, 6.45) is 7.02. The van der Waals surface area contributed by atoms with Crippen molar-refractivity contribution in [2.45, 2.75) is 58.4 Å². The van der Waals surface area contributed by atoms with Crippen molar-refractivity contribution < 1.29 is 4.79 Å². The van der Waals surface area contributed by atoms with Gasteiger partial charge >= 0.3 is 0 Å². The molecule has 0 atom stereocenters. The number of hydrogen-bond donors (Lipinski definition) is 1. The highest BCUT2D eigenvalue weighted by atomic mass is 16.1. The van der Waals surface area contributed by atoms with Crippen molar-refractivity contribution >= 4 is 5.78 Å². The Kier molecular flexibility index (Phi) is 6.65. The van der Waals surface area contributed by atoms with Crippen LogP contribution in [-0.2, 0) is 11.2 Å². The van der Waals surface area contributed by atoms with E-state index in [1.54, 1.807) is 0 Å². The summed E-state index contributed by atoms with van der Waals surface area (Å²) in [5, 5.41) is 4.49. The van der Waals surface area contributed by atoms with Crippen molar-refractivity contribution in [2.24, 2.45) is 5.73 Å². The van der Waals surface area contributed by atoms with Crippen molar-refractivity contribution in [2.75, 3.05) is 6.54 Å². The van der Waals surface area contributed by atoms with Gasteiger partial charge < -0.3 is 5.73 Å². The molecule has 0 aromatic carbocycles. The lowest BCUT2D eigenvalue weighted by molar-refractivity contribution is -0.118. The number of rotatable bonds is 9. The molecule has 1 aromatic heterocycles. The van der Waals surface area contributed by atoms with Crippen molar-refractivity contribution in [3.8, 4) is 0 Å². The van der Waals surface area contributed by atoms with Crippen LogP contribution in [0.4, 0.5) is 0 Å². The molecule has 18 heavy (non-hydrogen) atoms. The third kappa shape index (κ3) is 4.61. The van der Waals surface area contributed by atoms with E-state index in [2.05, 4.69) is 18.9 Å². The van der Waals surface area contributed by atoms with Gasteiger partial charge in [0.2, 0.25) is 0 Å². The van der Waals surface area contributed by atoms with Gasteiger partial charge in [-0.2, -0.15) is 5.10 Å². The molecule has 0 radical (unpaired) electrons. The Morgan fingerprint density at radius 3 is 2.72 bits per heavy atom. The number of Topliss-reactive ketones (excluding diaryl/α,β-unsaturated/α-hetero) is 1. The minimum Gasteiger partial charge on any atom is -0.330 e. The third-order valence-corrected chi connectivity index (χ3v) is 3.27. The fourth-order valence-electron chi connectivity index (χ4n) is 2.09. The molecule has 0 fully saturated rings. The third-order valence-electron chi connectivity index (χ3n) is 3.27. The van der Waals surface area contributed by atoms with E-state index in [0.29, 0.717) is 25.4 Å². The summed E-state index contributed by atoms with van der Waals surface area (Å²) < 4.78 is 1.99. The van der Waals surface area contributed by atoms with Gasteiger partial charge in [0.1, 0.15) is 5.78 Å². The van der Waals surface area contributed by atoms with Crippen molar-refractivity contribution in [1.82, 2.24) is 9.78 Å². The van der Waals surface area contributed by atoms with Gasteiger partial charge in [-0.25, -0.2) is 0 Å². The molecule has 0 unspecified atom stereocenters. The zero-order chi connectivity index (χ0) is 13.4. The Labute approximate surface area is 110 Å². The van der Waals surface area contributed by atoms with Gasteiger partial charge in [0, 0.05) is 12.6 Å². The summed E-state index contributed by atoms with van der Waals surface area (Å²) in [6, 6.07) is 2.41. The summed E-state index contributed by atoms with van der Waals surface area (Å²) in [7, 11) is 0. The molecule has 0 aliphatic heterocycles. The molecule has 0 saturated heterocycles. The molecule has 1 aromatic rings. The lowest BCUT2D eigenvalue weighted by Gasteiger charge is -2.12. The predicted molar refractivity (Wildman–Crippen MR) is 73.5 cm³/mol. The van der Waals surface area contributed by atoms with Crippen LogP contribution in [0.15, 0.2) is 12.3 Å².